The third kappa shape index (κ3) is 2.01. The van der Waals surface area contributed by atoms with E-state index in [1.54, 1.807) is 17.5 Å². The number of thiophene rings is 1. The molecular weight excluding hydrogens is 264 g/mol. The highest BCUT2D eigenvalue weighted by molar-refractivity contribution is 7.10. The van der Waals surface area contributed by atoms with Gasteiger partial charge in [0, 0.05) is 16.5 Å². The normalized spacial score (nSPS) is 12.8. The Morgan fingerprint density at radius 3 is 2.89 bits per heavy atom. The lowest BCUT2D eigenvalue weighted by molar-refractivity contribution is 0.896. The quantitative estimate of drug-likeness (QED) is 0.767. The summed E-state index contributed by atoms with van der Waals surface area (Å²) in [4.78, 5) is 5.30. The minimum Gasteiger partial charge on any atom is -0.320 e. The summed E-state index contributed by atoms with van der Waals surface area (Å²) in [7, 11) is 0. The first kappa shape index (κ1) is 11.7. The summed E-state index contributed by atoms with van der Waals surface area (Å²) in [5.41, 5.74) is 8.29. The molecule has 1 unspecified atom stereocenters. The lowest BCUT2D eigenvalue weighted by atomic mass is 10.0. The third-order valence-corrected chi connectivity index (χ3v) is 4.35. The summed E-state index contributed by atoms with van der Waals surface area (Å²) < 4.78 is 0. The van der Waals surface area contributed by atoms with Gasteiger partial charge in [-0.25, -0.2) is 0 Å². The van der Waals surface area contributed by atoms with Crippen LogP contribution in [0.4, 0.5) is 0 Å². The molecule has 0 aliphatic carbocycles. The number of nitrogens with zero attached hydrogens (tertiary/aromatic N) is 1. The van der Waals surface area contributed by atoms with Crippen molar-refractivity contribution >= 4 is 33.8 Å². The molecule has 0 saturated carbocycles. The maximum atomic E-state index is 6.26. The first-order chi connectivity index (χ1) is 8.75. The molecule has 90 valence electrons. The van der Waals surface area contributed by atoms with Gasteiger partial charge in [0.05, 0.1) is 16.6 Å². The van der Waals surface area contributed by atoms with Crippen LogP contribution >= 0.6 is 22.9 Å². The molecule has 0 saturated heterocycles. The second-order valence-corrected chi connectivity index (χ2v) is 5.42. The van der Waals surface area contributed by atoms with Crippen molar-refractivity contribution in [3.8, 4) is 0 Å². The van der Waals surface area contributed by atoms with Crippen molar-refractivity contribution in [1.29, 1.82) is 0 Å². The zero-order chi connectivity index (χ0) is 12.5. The topological polar surface area (TPSA) is 38.9 Å². The molecule has 4 heteroatoms. The molecule has 2 nitrogen and oxygen atoms in total. The number of benzene rings is 1. The van der Waals surface area contributed by atoms with Gasteiger partial charge in [0.2, 0.25) is 0 Å². The van der Waals surface area contributed by atoms with Crippen molar-refractivity contribution in [2.75, 3.05) is 0 Å². The second-order valence-electron chi connectivity index (χ2n) is 4.07. The largest absolute Gasteiger partial charge is 0.320 e. The summed E-state index contributed by atoms with van der Waals surface area (Å²) in [6.07, 6.45) is 1.79. The van der Waals surface area contributed by atoms with Gasteiger partial charge in [0.1, 0.15) is 0 Å². The van der Waals surface area contributed by atoms with Crippen LogP contribution in [0.2, 0.25) is 5.02 Å². The van der Waals surface area contributed by atoms with Crippen molar-refractivity contribution in [2.45, 2.75) is 6.04 Å². The standard InChI is InChI=1S/C14H11ClN2S/c15-11-5-7-18-14(11)13(16)10-3-4-12-9(8-10)2-1-6-17-12/h1-8,13H,16H2. The van der Waals surface area contributed by atoms with Crippen LogP contribution in [0.15, 0.2) is 48.0 Å². The highest BCUT2D eigenvalue weighted by atomic mass is 35.5. The summed E-state index contributed by atoms with van der Waals surface area (Å²) in [6, 6.07) is 11.7. The summed E-state index contributed by atoms with van der Waals surface area (Å²) in [6.45, 7) is 0. The van der Waals surface area contributed by atoms with Gasteiger partial charge in [0.15, 0.2) is 0 Å². The van der Waals surface area contributed by atoms with E-state index in [0.29, 0.717) is 0 Å². The Balaban J connectivity index is 2.07. The molecule has 3 aromatic rings. The zero-order valence-electron chi connectivity index (χ0n) is 9.51. The number of nitrogens with two attached hydrogens (primary N) is 1. The van der Waals surface area contributed by atoms with Crippen LogP contribution in [0.1, 0.15) is 16.5 Å². The highest BCUT2D eigenvalue weighted by Crippen LogP contribution is 2.32. The molecule has 18 heavy (non-hydrogen) atoms. The van der Waals surface area contributed by atoms with E-state index >= 15 is 0 Å². The van der Waals surface area contributed by atoms with E-state index in [1.165, 1.54) is 0 Å². The van der Waals surface area contributed by atoms with Crippen molar-refractivity contribution in [2.24, 2.45) is 5.73 Å². The fourth-order valence-electron chi connectivity index (χ4n) is 1.97. The second kappa shape index (κ2) is 4.69. The Bertz CT molecular complexity index is 693. The van der Waals surface area contributed by atoms with E-state index < -0.39 is 0 Å². The van der Waals surface area contributed by atoms with Gasteiger partial charge < -0.3 is 5.73 Å². The van der Waals surface area contributed by atoms with Gasteiger partial charge in [-0.15, -0.1) is 11.3 Å². The molecular formula is C14H11ClN2S. The average molecular weight is 275 g/mol. The third-order valence-electron chi connectivity index (χ3n) is 2.91. The first-order valence-corrected chi connectivity index (χ1v) is 6.84. The van der Waals surface area contributed by atoms with E-state index in [9.17, 15) is 0 Å². The zero-order valence-corrected chi connectivity index (χ0v) is 11.1. The van der Waals surface area contributed by atoms with Crippen LogP contribution in [-0.4, -0.2) is 4.98 Å². The number of hydrogen-bond donors (Lipinski definition) is 1. The van der Waals surface area contributed by atoms with Gasteiger partial charge in [-0.2, -0.15) is 0 Å². The van der Waals surface area contributed by atoms with Crippen molar-refractivity contribution < 1.29 is 0 Å². The first-order valence-electron chi connectivity index (χ1n) is 5.59. The molecule has 2 aromatic heterocycles. The van der Waals surface area contributed by atoms with Crippen LogP contribution in [0.5, 0.6) is 0 Å². The molecule has 0 radical (unpaired) electrons. The number of pyridine rings is 1. The van der Waals surface area contributed by atoms with Gasteiger partial charge in [-0.3, -0.25) is 4.98 Å². The molecule has 1 aromatic carbocycles. The Morgan fingerprint density at radius 1 is 1.22 bits per heavy atom. The van der Waals surface area contributed by atoms with E-state index in [0.717, 1.165) is 26.4 Å². The van der Waals surface area contributed by atoms with Crippen molar-refractivity contribution in [3.05, 3.63) is 63.4 Å². The van der Waals surface area contributed by atoms with Crippen molar-refractivity contribution in [3.63, 3.8) is 0 Å². The van der Waals surface area contributed by atoms with E-state index in [-0.39, 0.29) is 6.04 Å². The van der Waals surface area contributed by atoms with E-state index in [1.807, 2.05) is 35.7 Å². The van der Waals surface area contributed by atoms with Crippen LogP contribution in [0.25, 0.3) is 10.9 Å². The number of rotatable bonds is 2. The smallest absolute Gasteiger partial charge is 0.0702 e. The van der Waals surface area contributed by atoms with Crippen LogP contribution in [-0.2, 0) is 0 Å². The minimum atomic E-state index is -0.179. The van der Waals surface area contributed by atoms with Gasteiger partial charge in [0.25, 0.3) is 0 Å². The molecule has 3 rings (SSSR count). The van der Waals surface area contributed by atoms with Gasteiger partial charge in [-0.1, -0.05) is 23.7 Å². The maximum absolute atomic E-state index is 6.26. The number of halogens is 1. The molecule has 0 fully saturated rings. The maximum Gasteiger partial charge on any atom is 0.0702 e. The van der Waals surface area contributed by atoms with Crippen LogP contribution < -0.4 is 5.73 Å². The Morgan fingerprint density at radius 2 is 2.11 bits per heavy atom. The van der Waals surface area contributed by atoms with Crippen LogP contribution in [0.3, 0.4) is 0 Å². The highest BCUT2D eigenvalue weighted by Gasteiger charge is 2.14. The number of fused-ring (bicyclic) bond motifs is 1. The molecule has 0 aliphatic rings. The van der Waals surface area contributed by atoms with E-state index in [4.69, 9.17) is 17.3 Å². The summed E-state index contributed by atoms with van der Waals surface area (Å²) in [5, 5.41) is 3.79. The minimum absolute atomic E-state index is 0.179. The molecule has 0 amide bonds. The Hall–Kier alpha value is -1.42. The lowest BCUT2D eigenvalue weighted by Gasteiger charge is -2.11. The number of aromatic nitrogens is 1. The summed E-state index contributed by atoms with van der Waals surface area (Å²) >= 11 is 7.71. The Labute approximate surface area is 114 Å². The van der Waals surface area contributed by atoms with Gasteiger partial charge in [-0.05, 0) is 35.2 Å². The SMILES string of the molecule is NC(c1ccc2ncccc2c1)c1sccc1Cl. The van der Waals surface area contributed by atoms with E-state index in [2.05, 4.69) is 11.1 Å². The predicted molar refractivity (Wildman–Crippen MR) is 77.1 cm³/mol. The molecule has 0 bridgehead atoms. The number of hydrogen-bond acceptors (Lipinski definition) is 3. The average Bonchev–Trinajstić information content (AvgIpc) is 2.83. The molecule has 2 heterocycles. The Kier molecular flexibility index (Phi) is 3.04. The summed E-state index contributed by atoms with van der Waals surface area (Å²) in [5.74, 6) is 0. The predicted octanol–water partition coefficient (Wildman–Crippen LogP) is 4.00. The molecule has 0 spiro atoms. The van der Waals surface area contributed by atoms with Gasteiger partial charge >= 0.3 is 0 Å². The molecule has 1 atom stereocenters. The lowest BCUT2D eigenvalue weighted by Crippen LogP contribution is -2.10. The molecule has 2 N–H and O–H groups in total. The molecule has 0 aliphatic heterocycles. The van der Waals surface area contributed by atoms with Crippen LogP contribution in [0, 0.1) is 0 Å². The fourth-order valence-corrected chi connectivity index (χ4v) is 3.17. The van der Waals surface area contributed by atoms with Crippen molar-refractivity contribution in [1.82, 2.24) is 4.98 Å². The monoisotopic (exact) mass is 274 g/mol. The fraction of sp³-hybridized carbons (Fsp3) is 0.0714.